The highest BCUT2D eigenvalue weighted by Crippen LogP contribution is 2.18. The Kier molecular flexibility index (Phi) is 19.1. The summed E-state index contributed by atoms with van der Waals surface area (Å²) >= 11 is 0. The van der Waals surface area contributed by atoms with Crippen molar-refractivity contribution in [3.05, 3.63) is 47.5 Å². The van der Waals surface area contributed by atoms with E-state index in [1.165, 1.54) is 6.92 Å². The van der Waals surface area contributed by atoms with Gasteiger partial charge in [-0.05, 0) is 19.1 Å². The van der Waals surface area contributed by atoms with E-state index in [0.29, 0.717) is 11.1 Å². The summed E-state index contributed by atoms with van der Waals surface area (Å²) in [6.07, 6.45) is 0.657. The normalized spacial score (nSPS) is 13.6. The average molecular weight is 476 g/mol. The van der Waals surface area contributed by atoms with Crippen molar-refractivity contribution >= 4 is 23.9 Å². The second-order valence-electron chi connectivity index (χ2n) is 5.79. The van der Waals surface area contributed by atoms with E-state index in [0.717, 1.165) is 12.2 Å². The van der Waals surface area contributed by atoms with Gasteiger partial charge in [-0.15, -0.1) is 0 Å². The largest absolute Gasteiger partial charge is 0.394 e. The van der Waals surface area contributed by atoms with Crippen molar-refractivity contribution < 1.29 is 64.4 Å². The zero-order valence-electron chi connectivity index (χ0n) is 17.7. The van der Waals surface area contributed by atoms with Crippen LogP contribution in [0.1, 0.15) is 27.6 Å². The Morgan fingerprint density at radius 2 is 1.06 bits per heavy atom. The van der Waals surface area contributed by atoms with Crippen LogP contribution in [0.4, 0.5) is 0 Å². The van der Waals surface area contributed by atoms with Crippen molar-refractivity contribution in [3.63, 3.8) is 0 Å². The van der Waals surface area contributed by atoms with E-state index in [-0.39, 0.29) is 33.0 Å². The van der Waals surface area contributed by atoms with Crippen LogP contribution in [0.5, 0.6) is 0 Å². The molecular formula is C20H28O13. The Labute approximate surface area is 188 Å². The van der Waals surface area contributed by atoms with Crippen LogP contribution in [0, 0.1) is 0 Å². The van der Waals surface area contributed by atoms with E-state index in [4.69, 9.17) is 35.7 Å². The maximum atomic E-state index is 10.8. The molecule has 0 spiro atoms. The molecule has 0 saturated heterocycles. The van der Waals surface area contributed by atoms with Gasteiger partial charge in [0.2, 0.25) is 0 Å². The van der Waals surface area contributed by atoms with Crippen LogP contribution in [0.3, 0.4) is 0 Å². The maximum absolute atomic E-state index is 10.8. The van der Waals surface area contributed by atoms with Crippen molar-refractivity contribution in [2.24, 2.45) is 0 Å². The summed E-state index contributed by atoms with van der Waals surface area (Å²) < 4.78 is 8.33. The lowest BCUT2D eigenvalue weighted by molar-refractivity contribution is -0.150. The molecule has 7 N–H and O–H groups in total. The van der Waals surface area contributed by atoms with Gasteiger partial charge in [0.1, 0.15) is 6.10 Å². The molecule has 0 aliphatic carbocycles. The fourth-order valence-electron chi connectivity index (χ4n) is 1.39. The van der Waals surface area contributed by atoms with Crippen LogP contribution < -0.4 is 0 Å². The van der Waals surface area contributed by atoms with E-state index in [1.54, 1.807) is 24.3 Å². The third kappa shape index (κ3) is 16.3. The summed E-state index contributed by atoms with van der Waals surface area (Å²) in [4.78, 5) is 41.5. The summed E-state index contributed by atoms with van der Waals surface area (Å²) in [6, 6.07) is 6.53. The Hall–Kier alpha value is -3.04. The minimum atomic E-state index is -0.954. The summed E-state index contributed by atoms with van der Waals surface area (Å²) in [7, 11) is 0. The topological polar surface area (TPSA) is 228 Å². The van der Waals surface area contributed by atoms with Crippen LogP contribution >= 0.6 is 0 Å². The van der Waals surface area contributed by atoms with Crippen molar-refractivity contribution in [1.82, 2.24) is 0 Å². The van der Waals surface area contributed by atoms with Crippen LogP contribution in [0.25, 0.3) is 0 Å². The summed E-state index contributed by atoms with van der Waals surface area (Å²) in [6.45, 7) is 0.410. The van der Waals surface area contributed by atoms with E-state index < -0.39 is 36.1 Å². The van der Waals surface area contributed by atoms with Gasteiger partial charge in [0.15, 0.2) is 0 Å². The lowest BCUT2D eigenvalue weighted by Crippen LogP contribution is -2.15. The first-order valence-corrected chi connectivity index (χ1v) is 9.27. The lowest BCUT2D eigenvalue weighted by Gasteiger charge is -1.96. The highest BCUT2D eigenvalue weighted by Gasteiger charge is 2.28. The second-order valence-corrected chi connectivity index (χ2v) is 5.79. The number of carbonyl (C=O) groups is 4. The number of esters is 4. The molecule has 13 nitrogen and oxygen atoms in total. The standard InChI is InChI=1S/C8H4O3.C4H2O3.C3H8O3.C3H8O2.C2H6O2/c9-7-5-3-1-2-4-6(5)8(10)11-7;5-3-1-2-4(6)7-3;4-1-3(6)2-5;1-3(5)2-4;3-1-2-4/h1-4H;1-2H;3-6H,1-2H2;3-5H,2H2,1H3;3-4H,1-2H2. The van der Waals surface area contributed by atoms with Gasteiger partial charge in [-0.25, -0.2) is 19.2 Å². The molecule has 1 aromatic carbocycles. The zero-order valence-corrected chi connectivity index (χ0v) is 17.7. The van der Waals surface area contributed by atoms with Gasteiger partial charge in [0.25, 0.3) is 0 Å². The van der Waals surface area contributed by atoms with Gasteiger partial charge in [-0.2, -0.15) is 0 Å². The minimum Gasteiger partial charge on any atom is -0.394 e. The molecule has 0 radical (unpaired) electrons. The summed E-state index contributed by atoms with van der Waals surface area (Å²) in [5.74, 6) is -2.26. The monoisotopic (exact) mass is 476 g/mol. The number of ether oxygens (including phenoxy) is 2. The third-order valence-corrected chi connectivity index (χ3v) is 2.89. The average Bonchev–Trinajstić information content (AvgIpc) is 3.35. The summed E-state index contributed by atoms with van der Waals surface area (Å²) in [5, 5.41) is 55.3. The number of rotatable bonds is 4. The number of aliphatic hydroxyl groups is 7. The Morgan fingerprint density at radius 3 is 1.24 bits per heavy atom. The molecule has 0 fully saturated rings. The number of hydrogen-bond donors (Lipinski definition) is 7. The van der Waals surface area contributed by atoms with E-state index in [1.807, 2.05) is 0 Å². The fraction of sp³-hybridized carbons (Fsp3) is 0.400. The van der Waals surface area contributed by atoms with Crippen LogP contribution in [-0.2, 0) is 19.1 Å². The molecule has 2 aliphatic heterocycles. The Bertz CT molecular complexity index is 703. The summed E-state index contributed by atoms with van der Waals surface area (Å²) in [5.41, 5.74) is 0.718. The molecule has 186 valence electrons. The zero-order chi connectivity index (χ0) is 25.8. The SMILES string of the molecule is CC(O)CO.O=C1C=CC(=O)O1.O=C1OC(=O)c2ccccc21.OCC(O)CO.OCCO. The van der Waals surface area contributed by atoms with Crippen molar-refractivity contribution in [2.45, 2.75) is 19.1 Å². The first-order chi connectivity index (χ1) is 15.6. The highest BCUT2D eigenvalue weighted by molar-refractivity contribution is 6.14. The molecule has 3 rings (SSSR count). The van der Waals surface area contributed by atoms with E-state index in [9.17, 15) is 19.2 Å². The molecule has 33 heavy (non-hydrogen) atoms. The predicted molar refractivity (Wildman–Crippen MR) is 110 cm³/mol. The molecule has 0 bridgehead atoms. The van der Waals surface area contributed by atoms with Gasteiger partial charge in [0, 0.05) is 12.2 Å². The predicted octanol–water partition coefficient (Wildman–Crippen LogP) is -2.71. The minimum absolute atomic E-state index is 0.125. The van der Waals surface area contributed by atoms with E-state index in [2.05, 4.69) is 9.47 Å². The van der Waals surface area contributed by atoms with Crippen molar-refractivity contribution in [1.29, 1.82) is 0 Å². The van der Waals surface area contributed by atoms with Gasteiger partial charge < -0.3 is 45.2 Å². The first kappa shape index (κ1) is 32.1. The van der Waals surface area contributed by atoms with Crippen molar-refractivity contribution in [2.75, 3.05) is 33.0 Å². The molecular weight excluding hydrogens is 448 g/mol. The number of benzene rings is 1. The van der Waals surface area contributed by atoms with Crippen molar-refractivity contribution in [3.8, 4) is 0 Å². The fourth-order valence-corrected chi connectivity index (χ4v) is 1.39. The molecule has 2 aliphatic rings. The van der Waals surface area contributed by atoms with Crippen LogP contribution in [-0.4, -0.2) is 105 Å². The smallest absolute Gasteiger partial charge is 0.346 e. The Morgan fingerprint density at radius 1 is 0.697 bits per heavy atom. The molecule has 0 saturated carbocycles. The number of aliphatic hydroxyl groups excluding tert-OH is 7. The quantitative estimate of drug-likeness (QED) is 0.173. The van der Waals surface area contributed by atoms with Crippen LogP contribution in [0.2, 0.25) is 0 Å². The third-order valence-electron chi connectivity index (χ3n) is 2.89. The number of hydrogen-bond acceptors (Lipinski definition) is 13. The molecule has 1 aromatic rings. The van der Waals surface area contributed by atoms with Gasteiger partial charge in [-0.3, -0.25) is 0 Å². The number of carbonyl (C=O) groups excluding carboxylic acids is 4. The Balaban J connectivity index is 0. The van der Waals surface area contributed by atoms with E-state index >= 15 is 0 Å². The first-order valence-electron chi connectivity index (χ1n) is 9.27. The van der Waals surface area contributed by atoms with Gasteiger partial charge >= 0.3 is 23.9 Å². The highest BCUT2D eigenvalue weighted by atomic mass is 16.6. The molecule has 13 heteroatoms. The molecule has 1 unspecified atom stereocenters. The van der Waals surface area contributed by atoms with Gasteiger partial charge in [0.05, 0.1) is 50.3 Å². The lowest BCUT2D eigenvalue weighted by atomic mass is 10.1. The molecule has 0 amide bonds. The maximum Gasteiger partial charge on any atom is 0.346 e. The molecule has 2 heterocycles. The number of fused-ring (bicyclic) bond motifs is 1. The van der Waals surface area contributed by atoms with Gasteiger partial charge in [-0.1, -0.05) is 12.1 Å². The molecule has 0 aromatic heterocycles. The number of cyclic esters (lactones) is 4. The van der Waals surface area contributed by atoms with Crippen LogP contribution in [0.15, 0.2) is 36.4 Å². The molecule has 1 atom stereocenters. The second kappa shape index (κ2) is 19.6.